The number of rotatable bonds is 8. The highest BCUT2D eigenvalue weighted by Crippen LogP contribution is 2.32. The zero-order chi connectivity index (χ0) is 25.9. The van der Waals surface area contributed by atoms with Crippen LogP contribution in [0.5, 0.6) is 0 Å². The van der Waals surface area contributed by atoms with Gasteiger partial charge in [-0.1, -0.05) is 24.3 Å². The number of carbonyl (C=O) groups excluding carboxylic acids is 1. The lowest BCUT2D eigenvalue weighted by Gasteiger charge is -2.37. The van der Waals surface area contributed by atoms with Gasteiger partial charge in [0.05, 0.1) is 12.2 Å². The van der Waals surface area contributed by atoms with Crippen molar-refractivity contribution in [1.29, 1.82) is 0 Å². The zero-order valence-electron chi connectivity index (χ0n) is 20.2. The molecule has 0 atom stereocenters. The fourth-order valence-corrected chi connectivity index (χ4v) is 4.83. The molecule has 4 rings (SSSR count). The van der Waals surface area contributed by atoms with Crippen LogP contribution in [0.3, 0.4) is 0 Å². The van der Waals surface area contributed by atoms with E-state index in [2.05, 4.69) is 4.98 Å². The van der Waals surface area contributed by atoms with E-state index in [0.717, 1.165) is 17.7 Å². The van der Waals surface area contributed by atoms with Crippen molar-refractivity contribution in [1.82, 2.24) is 19.7 Å². The monoisotopic (exact) mass is 509 g/mol. The van der Waals surface area contributed by atoms with Gasteiger partial charge in [-0.25, -0.2) is 14.2 Å². The summed E-state index contributed by atoms with van der Waals surface area (Å²) in [5.41, 5.74) is 1.07. The smallest absolute Gasteiger partial charge is 0.395 e. The Morgan fingerprint density at radius 1 is 1.08 bits per heavy atom. The van der Waals surface area contributed by atoms with E-state index >= 15 is 0 Å². The molecule has 11 heteroatoms. The van der Waals surface area contributed by atoms with Gasteiger partial charge in [0.25, 0.3) is 0 Å². The van der Waals surface area contributed by atoms with E-state index in [4.69, 9.17) is 5.11 Å². The fraction of sp³-hybridized carbons (Fsp3) is 0.520. The minimum Gasteiger partial charge on any atom is -0.395 e. The first-order valence-electron chi connectivity index (χ1n) is 12.1. The van der Waals surface area contributed by atoms with Crippen LogP contribution < -0.4 is 4.90 Å². The van der Waals surface area contributed by atoms with Gasteiger partial charge < -0.3 is 19.8 Å². The Kier molecular flexibility index (Phi) is 7.99. The Labute approximate surface area is 207 Å². The Morgan fingerprint density at radius 3 is 2.36 bits per heavy atom. The van der Waals surface area contributed by atoms with Crippen LogP contribution in [-0.2, 0) is 19.3 Å². The molecule has 2 aromatic rings. The first-order chi connectivity index (χ1) is 17.2. The number of piperidine rings is 1. The second-order valence-corrected chi connectivity index (χ2v) is 9.42. The number of benzene rings is 1. The molecule has 1 aromatic heterocycles. The van der Waals surface area contributed by atoms with Crippen LogP contribution in [0.15, 0.2) is 36.5 Å². The Hall–Kier alpha value is -2.92. The molecule has 7 nitrogen and oxygen atoms in total. The van der Waals surface area contributed by atoms with Crippen molar-refractivity contribution in [2.45, 2.75) is 38.1 Å². The van der Waals surface area contributed by atoms with Gasteiger partial charge in [-0.15, -0.1) is 0 Å². The first kappa shape index (κ1) is 26.2. The van der Waals surface area contributed by atoms with Gasteiger partial charge in [0.1, 0.15) is 0 Å². The summed E-state index contributed by atoms with van der Waals surface area (Å²) in [4.78, 5) is 24.1. The van der Waals surface area contributed by atoms with Crippen LogP contribution in [0.1, 0.15) is 29.5 Å². The van der Waals surface area contributed by atoms with Crippen molar-refractivity contribution >= 4 is 11.8 Å². The quantitative estimate of drug-likeness (QED) is 0.552. The number of hydrogen-bond donors (Lipinski definition) is 1. The Balaban J connectivity index is 1.29. The van der Waals surface area contributed by atoms with Gasteiger partial charge in [0, 0.05) is 58.1 Å². The molecule has 3 heterocycles. The van der Waals surface area contributed by atoms with Crippen molar-refractivity contribution in [2.75, 3.05) is 51.3 Å². The number of aliphatic hydroxyl groups is 1. The average Bonchev–Trinajstić information content (AvgIpc) is 3.20. The number of aliphatic hydroxyl groups excluding tert-OH is 1. The van der Waals surface area contributed by atoms with Gasteiger partial charge in [-0.3, -0.25) is 4.90 Å². The molecule has 2 amide bonds. The van der Waals surface area contributed by atoms with E-state index in [1.54, 1.807) is 4.90 Å². The molecule has 2 saturated heterocycles. The number of nitrogens with zero attached hydrogens (tertiary/aromatic N) is 5. The standard InChI is InChI=1S/C25H31F4N5O2/c1-31(12-13-35)16-18-2-4-19(5-3-18)17-33-10-11-34(24(33)36)21-6-8-32(9-7-21)23-22(26)14-20(15-30-23)25(27,28)29/h2-5,14-15,21,35H,6-13,16-17H2,1H3. The maximum Gasteiger partial charge on any atom is 0.417 e. The molecule has 0 saturated carbocycles. The number of pyridine rings is 1. The topological polar surface area (TPSA) is 63.2 Å². The summed E-state index contributed by atoms with van der Waals surface area (Å²) in [5, 5.41) is 9.03. The van der Waals surface area contributed by atoms with Crippen molar-refractivity contribution < 1.29 is 27.5 Å². The molecule has 36 heavy (non-hydrogen) atoms. The number of likely N-dealkylation sites (N-methyl/N-ethyl adjacent to an activating group) is 1. The SMILES string of the molecule is CN(CCO)Cc1ccc(CN2CCN(C3CCN(c4ncc(C(F)(F)F)cc4F)CC3)C2=O)cc1. The summed E-state index contributed by atoms with van der Waals surface area (Å²) in [6.45, 7) is 4.03. The maximum atomic E-state index is 14.3. The summed E-state index contributed by atoms with van der Waals surface area (Å²) >= 11 is 0. The van der Waals surface area contributed by atoms with E-state index in [1.165, 1.54) is 0 Å². The van der Waals surface area contributed by atoms with Crippen molar-refractivity contribution in [2.24, 2.45) is 0 Å². The zero-order valence-corrected chi connectivity index (χ0v) is 20.2. The second kappa shape index (κ2) is 11.0. The van der Waals surface area contributed by atoms with Gasteiger partial charge in [0.2, 0.25) is 0 Å². The molecule has 2 aliphatic rings. The molecule has 2 fully saturated rings. The number of halogens is 4. The van der Waals surface area contributed by atoms with Crippen LogP contribution in [0, 0.1) is 5.82 Å². The Morgan fingerprint density at radius 2 is 1.75 bits per heavy atom. The molecule has 0 radical (unpaired) electrons. The summed E-state index contributed by atoms with van der Waals surface area (Å²) in [6.07, 6.45) is -2.79. The molecular formula is C25H31F4N5O2. The molecular weight excluding hydrogens is 478 g/mol. The fourth-order valence-electron chi connectivity index (χ4n) is 4.83. The summed E-state index contributed by atoms with van der Waals surface area (Å²) in [5.74, 6) is -1.07. The minimum absolute atomic E-state index is 0.000646. The normalized spacial score (nSPS) is 17.5. The summed E-state index contributed by atoms with van der Waals surface area (Å²) in [7, 11) is 1.95. The van der Waals surface area contributed by atoms with Crippen LogP contribution in [-0.4, -0.2) is 83.2 Å². The second-order valence-electron chi connectivity index (χ2n) is 9.42. The number of anilines is 1. The third-order valence-corrected chi connectivity index (χ3v) is 6.81. The number of hydrogen-bond acceptors (Lipinski definition) is 5. The number of amides is 2. The average molecular weight is 510 g/mol. The van der Waals surface area contributed by atoms with Gasteiger partial charge in [-0.05, 0) is 37.1 Å². The molecule has 196 valence electrons. The number of carbonyl (C=O) groups is 1. The highest BCUT2D eigenvalue weighted by molar-refractivity contribution is 5.77. The summed E-state index contributed by atoms with van der Waals surface area (Å²) in [6, 6.07) is 8.55. The van der Waals surface area contributed by atoms with Crippen molar-refractivity contribution in [3.8, 4) is 0 Å². The molecule has 0 unspecified atom stereocenters. The van der Waals surface area contributed by atoms with E-state index in [0.29, 0.717) is 64.4 Å². The molecule has 2 aliphatic heterocycles. The van der Waals surface area contributed by atoms with Crippen LogP contribution in [0.4, 0.5) is 28.2 Å². The maximum absolute atomic E-state index is 14.3. The largest absolute Gasteiger partial charge is 0.417 e. The van der Waals surface area contributed by atoms with E-state index in [1.807, 2.05) is 46.0 Å². The lowest BCUT2D eigenvalue weighted by Crippen LogP contribution is -2.47. The highest BCUT2D eigenvalue weighted by atomic mass is 19.4. The van der Waals surface area contributed by atoms with Crippen molar-refractivity contribution in [3.05, 3.63) is 59.0 Å². The van der Waals surface area contributed by atoms with Crippen LogP contribution >= 0.6 is 0 Å². The van der Waals surface area contributed by atoms with Crippen LogP contribution in [0.2, 0.25) is 0 Å². The number of urea groups is 1. The predicted molar refractivity (Wildman–Crippen MR) is 127 cm³/mol. The Bertz CT molecular complexity index is 1040. The van der Waals surface area contributed by atoms with Gasteiger partial charge in [-0.2, -0.15) is 13.2 Å². The molecule has 0 bridgehead atoms. The van der Waals surface area contributed by atoms with Gasteiger partial charge >= 0.3 is 12.2 Å². The third kappa shape index (κ3) is 6.07. The van der Waals surface area contributed by atoms with Crippen LogP contribution in [0.25, 0.3) is 0 Å². The highest BCUT2D eigenvalue weighted by Gasteiger charge is 2.36. The van der Waals surface area contributed by atoms with Crippen molar-refractivity contribution in [3.63, 3.8) is 0 Å². The lowest BCUT2D eigenvalue weighted by molar-refractivity contribution is -0.138. The number of alkyl halides is 3. The van der Waals surface area contributed by atoms with E-state index < -0.39 is 17.6 Å². The number of aromatic nitrogens is 1. The minimum atomic E-state index is -4.64. The van der Waals surface area contributed by atoms with E-state index in [-0.39, 0.29) is 24.5 Å². The molecule has 1 aromatic carbocycles. The molecule has 1 N–H and O–H groups in total. The van der Waals surface area contributed by atoms with Gasteiger partial charge in [0.15, 0.2) is 11.6 Å². The van der Waals surface area contributed by atoms with E-state index in [9.17, 15) is 22.4 Å². The first-order valence-corrected chi connectivity index (χ1v) is 12.1. The molecule has 0 aliphatic carbocycles. The lowest BCUT2D eigenvalue weighted by atomic mass is 10.0. The predicted octanol–water partition coefficient (Wildman–Crippen LogP) is 3.57. The summed E-state index contributed by atoms with van der Waals surface area (Å²) < 4.78 is 52.7. The molecule has 0 spiro atoms. The third-order valence-electron chi connectivity index (χ3n) is 6.81.